The van der Waals surface area contributed by atoms with Gasteiger partial charge in [0, 0.05) is 18.6 Å². The molecule has 0 aromatic rings. The minimum absolute atomic E-state index is 0.0233. The molecule has 43 heavy (non-hydrogen) atoms. The Balaban J connectivity index is 1.63. The molecule has 0 amide bonds. The minimum Gasteiger partial charge on any atom is -0.414 e. The molecule has 4 rings (SSSR count). The highest BCUT2D eigenvalue weighted by Gasteiger charge is 2.60. The van der Waals surface area contributed by atoms with E-state index in [0.29, 0.717) is 30.8 Å². The van der Waals surface area contributed by atoms with E-state index in [1.165, 1.54) is 25.7 Å². The number of hydrogen-bond donors (Lipinski definition) is 1. The summed E-state index contributed by atoms with van der Waals surface area (Å²) < 4.78 is 20.9. The van der Waals surface area contributed by atoms with Crippen molar-refractivity contribution in [2.24, 2.45) is 28.6 Å². The van der Waals surface area contributed by atoms with Gasteiger partial charge in [-0.05, 0) is 118 Å². The lowest BCUT2D eigenvalue weighted by molar-refractivity contribution is -0.0485. The van der Waals surface area contributed by atoms with E-state index in [-0.39, 0.29) is 33.1 Å². The lowest BCUT2D eigenvalue weighted by Crippen LogP contribution is -2.58. The molecule has 1 N–H and O–H groups in total. The van der Waals surface area contributed by atoms with E-state index < -0.39 is 22.2 Å². The summed E-state index contributed by atoms with van der Waals surface area (Å²) in [6.45, 7) is 34.2. The molecule has 3 fully saturated rings. The number of ether oxygens (including phenoxy) is 1. The van der Waals surface area contributed by atoms with Crippen LogP contribution in [-0.4, -0.2) is 52.8 Å². The molecule has 0 heterocycles. The van der Waals surface area contributed by atoms with Crippen LogP contribution in [0.3, 0.4) is 0 Å². The van der Waals surface area contributed by atoms with Gasteiger partial charge < -0.3 is 18.7 Å². The fraction of sp³-hybridized carbons (Fsp3) is 0.892. The lowest BCUT2D eigenvalue weighted by atomic mass is 9.50. The Hall–Kier alpha value is -0.246. The molecular weight excluding hydrogens is 565 g/mol. The van der Waals surface area contributed by atoms with E-state index in [1.54, 1.807) is 11.1 Å². The topological polar surface area (TPSA) is 47.9 Å². The number of hydrogen-bond acceptors (Lipinski definition) is 4. The zero-order valence-corrected chi connectivity index (χ0v) is 32.6. The van der Waals surface area contributed by atoms with E-state index >= 15 is 0 Å². The molecule has 4 nitrogen and oxygen atoms in total. The summed E-state index contributed by atoms with van der Waals surface area (Å²) >= 11 is 0. The van der Waals surface area contributed by atoms with Crippen LogP contribution in [0.2, 0.25) is 36.3 Å². The van der Waals surface area contributed by atoms with E-state index in [1.807, 2.05) is 13.8 Å². The molecule has 6 heteroatoms. The summed E-state index contributed by atoms with van der Waals surface area (Å²) in [6.07, 6.45) is 13.2. The van der Waals surface area contributed by atoms with Crippen LogP contribution in [0.4, 0.5) is 0 Å². The summed E-state index contributed by atoms with van der Waals surface area (Å²) in [5.74, 6) is 1.76. The average Bonchev–Trinajstić information content (AvgIpc) is 3.16. The Morgan fingerprint density at radius 1 is 0.837 bits per heavy atom. The van der Waals surface area contributed by atoms with Gasteiger partial charge in [-0.3, -0.25) is 0 Å². The second-order valence-corrected chi connectivity index (χ2v) is 28.5. The number of allylic oxidation sites excluding steroid dienone is 3. The largest absolute Gasteiger partial charge is 0.414 e. The van der Waals surface area contributed by atoms with Gasteiger partial charge in [0.25, 0.3) is 0 Å². The van der Waals surface area contributed by atoms with E-state index in [0.717, 1.165) is 19.4 Å². The SMILES string of the molecule is CC(C)(O)CCOC[C@H]1CC[C@H]2C3=CC=C4C[C@@H](O[Si](C)(C)C(C)(C)C)C[C@H](O[Si](C)(C)C(C)(C)C)[C@]4(C)[C@H]3CC[C@]12C. The van der Waals surface area contributed by atoms with Gasteiger partial charge in [0.2, 0.25) is 0 Å². The molecule has 0 saturated heterocycles. The molecular formula is C37H68O4Si2. The van der Waals surface area contributed by atoms with Crippen molar-refractivity contribution in [1.82, 2.24) is 0 Å². The zero-order chi connectivity index (χ0) is 32.4. The first-order valence-corrected chi connectivity index (χ1v) is 23.3. The molecule has 0 aromatic carbocycles. The van der Waals surface area contributed by atoms with Gasteiger partial charge in [-0.25, -0.2) is 0 Å². The smallest absolute Gasteiger partial charge is 0.192 e. The molecule has 0 aromatic heterocycles. The third kappa shape index (κ3) is 6.91. The molecule has 0 bridgehead atoms. The monoisotopic (exact) mass is 632 g/mol. The molecule has 3 saturated carbocycles. The number of fused-ring (bicyclic) bond motifs is 5. The third-order valence-corrected chi connectivity index (χ3v) is 22.5. The predicted molar refractivity (Wildman–Crippen MR) is 186 cm³/mol. The van der Waals surface area contributed by atoms with E-state index in [4.69, 9.17) is 13.6 Å². The van der Waals surface area contributed by atoms with Crippen molar-refractivity contribution in [3.63, 3.8) is 0 Å². The maximum atomic E-state index is 10.1. The summed E-state index contributed by atoms with van der Waals surface area (Å²) in [7, 11) is -3.91. The van der Waals surface area contributed by atoms with Crippen LogP contribution in [0.25, 0.3) is 0 Å². The normalized spacial score (nSPS) is 35.6. The maximum absolute atomic E-state index is 10.1. The van der Waals surface area contributed by atoms with Crippen LogP contribution < -0.4 is 0 Å². The van der Waals surface area contributed by atoms with E-state index in [9.17, 15) is 5.11 Å². The lowest BCUT2D eigenvalue weighted by Gasteiger charge is -2.59. The fourth-order valence-electron chi connectivity index (χ4n) is 8.32. The van der Waals surface area contributed by atoms with Crippen LogP contribution in [-0.2, 0) is 13.6 Å². The van der Waals surface area contributed by atoms with Crippen LogP contribution in [0, 0.1) is 28.6 Å². The summed E-state index contributed by atoms with van der Waals surface area (Å²) in [4.78, 5) is 0. The third-order valence-electron chi connectivity index (χ3n) is 13.5. The Bertz CT molecular complexity index is 1070. The standard InChI is InChI=1S/C37H68O4Si2/c1-33(2,3)42(11,12)40-28-23-26-15-17-29-30-18-16-27(25-39-22-21-35(7,8)38)36(30,9)20-19-31(29)37(26,10)32(24-28)41-43(13,14)34(4,5)6/h15,17,27-28,30-32,38H,16,18-25H2,1-14H3/t27-,28-,30+,31+,32+,36-,37+/m1/s1. The molecule has 0 radical (unpaired) electrons. The van der Waals surface area contributed by atoms with Crippen molar-refractivity contribution in [3.8, 4) is 0 Å². The Labute approximate surface area is 268 Å². The Morgan fingerprint density at radius 2 is 1.44 bits per heavy atom. The Kier molecular flexibility index (Phi) is 9.75. The number of aliphatic hydroxyl groups is 1. The summed E-state index contributed by atoms with van der Waals surface area (Å²) in [5, 5.41) is 10.5. The second-order valence-electron chi connectivity index (χ2n) is 19.0. The summed E-state index contributed by atoms with van der Waals surface area (Å²) in [5.41, 5.74) is 2.93. The predicted octanol–water partition coefficient (Wildman–Crippen LogP) is 10.1. The van der Waals surface area contributed by atoms with Gasteiger partial charge in [-0.2, -0.15) is 0 Å². The first-order chi connectivity index (χ1) is 19.4. The van der Waals surface area contributed by atoms with Gasteiger partial charge >= 0.3 is 0 Å². The molecule has 0 aliphatic heterocycles. The molecule has 4 aliphatic carbocycles. The van der Waals surface area contributed by atoms with Gasteiger partial charge in [-0.1, -0.05) is 78.7 Å². The van der Waals surface area contributed by atoms with E-state index in [2.05, 4.69) is 93.7 Å². The molecule has 0 unspecified atom stereocenters. The quantitative estimate of drug-likeness (QED) is 0.203. The van der Waals surface area contributed by atoms with Gasteiger partial charge in [0.1, 0.15) is 0 Å². The van der Waals surface area contributed by atoms with Crippen molar-refractivity contribution < 1.29 is 18.7 Å². The second kappa shape index (κ2) is 11.8. The minimum atomic E-state index is -2.01. The van der Waals surface area contributed by atoms with Crippen molar-refractivity contribution in [3.05, 3.63) is 23.3 Å². The van der Waals surface area contributed by atoms with Gasteiger partial charge in [-0.15, -0.1) is 0 Å². The van der Waals surface area contributed by atoms with Crippen LogP contribution in [0.15, 0.2) is 23.3 Å². The van der Waals surface area contributed by atoms with Crippen LogP contribution >= 0.6 is 0 Å². The highest BCUT2D eigenvalue weighted by atomic mass is 28.4. The molecule has 0 spiro atoms. The fourth-order valence-corrected chi connectivity index (χ4v) is 11.1. The average molecular weight is 633 g/mol. The highest BCUT2D eigenvalue weighted by Crippen LogP contribution is 2.66. The Morgan fingerprint density at radius 3 is 2.02 bits per heavy atom. The van der Waals surface area contributed by atoms with Gasteiger partial charge in [0.15, 0.2) is 16.6 Å². The van der Waals surface area contributed by atoms with Crippen molar-refractivity contribution in [2.75, 3.05) is 13.2 Å². The first-order valence-electron chi connectivity index (χ1n) is 17.5. The molecule has 248 valence electrons. The summed E-state index contributed by atoms with van der Waals surface area (Å²) in [6, 6.07) is 0. The van der Waals surface area contributed by atoms with Crippen LogP contribution in [0.1, 0.15) is 114 Å². The zero-order valence-electron chi connectivity index (χ0n) is 30.6. The van der Waals surface area contributed by atoms with Crippen LogP contribution in [0.5, 0.6) is 0 Å². The maximum Gasteiger partial charge on any atom is 0.192 e. The highest BCUT2D eigenvalue weighted by molar-refractivity contribution is 6.74. The first kappa shape index (κ1) is 35.6. The van der Waals surface area contributed by atoms with Crippen molar-refractivity contribution in [2.45, 2.75) is 168 Å². The van der Waals surface area contributed by atoms with Crippen molar-refractivity contribution >= 4 is 16.6 Å². The molecule has 4 aliphatic rings. The number of rotatable bonds is 9. The molecule has 7 atom stereocenters. The van der Waals surface area contributed by atoms with Crippen molar-refractivity contribution in [1.29, 1.82) is 0 Å². The van der Waals surface area contributed by atoms with Gasteiger partial charge in [0.05, 0.1) is 17.8 Å².